The van der Waals surface area contributed by atoms with Crippen LogP contribution in [-0.4, -0.2) is 38.6 Å². The standard InChI is InChI=1S/C19H23N3O3/c1-22(2)17-9-7-14(8-10-17)11-15(12-20)19(24)25-13-18(23)21-16-5-3-4-6-16/h7-11,16H,3-6,13H2,1-2H3,(H,21,23). The lowest BCUT2D eigenvalue weighted by atomic mass is 10.1. The maximum absolute atomic E-state index is 12.0. The van der Waals surface area contributed by atoms with E-state index in [1.165, 1.54) is 6.08 Å². The molecule has 0 aromatic heterocycles. The van der Waals surface area contributed by atoms with Gasteiger partial charge in [-0.3, -0.25) is 4.79 Å². The van der Waals surface area contributed by atoms with Crippen molar-refractivity contribution in [1.82, 2.24) is 5.32 Å². The molecule has 0 radical (unpaired) electrons. The summed E-state index contributed by atoms with van der Waals surface area (Å²) in [6.07, 6.45) is 5.60. The molecule has 0 heterocycles. The molecule has 1 aromatic rings. The summed E-state index contributed by atoms with van der Waals surface area (Å²) in [4.78, 5) is 25.7. The summed E-state index contributed by atoms with van der Waals surface area (Å²) in [6, 6.07) is 9.41. The molecule has 2 rings (SSSR count). The Morgan fingerprint density at radius 3 is 2.48 bits per heavy atom. The third-order valence-corrected chi connectivity index (χ3v) is 4.12. The normalized spacial score (nSPS) is 14.7. The maximum Gasteiger partial charge on any atom is 0.349 e. The number of carbonyl (C=O) groups is 2. The van der Waals surface area contributed by atoms with Gasteiger partial charge in [0.15, 0.2) is 6.61 Å². The second-order valence-corrected chi connectivity index (χ2v) is 6.28. The molecular weight excluding hydrogens is 318 g/mol. The van der Waals surface area contributed by atoms with Gasteiger partial charge in [0, 0.05) is 25.8 Å². The highest BCUT2D eigenvalue weighted by Crippen LogP contribution is 2.17. The van der Waals surface area contributed by atoms with Crippen molar-refractivity contribution in [3.63, 3.8) is 0 Å². The van der Waals surface area contributed by atoms with Crippen LogP contribution in [0.4, 0.5) is 5.69 Å². The number of rotatable bonds is 6. The van der Waals surface area contributed by atoms with Gasteiger partial charge in [0.05, 0.1) is 0 Å². The summed E-state index contributed by atoms with van der Waals surface area (Å²) in [6.45, 7) is -0.367. The van der Waals surface area contributed by atoms with E-state index in [-0.39, 0.29) is 24.1 Å². The molecule has 6 heteroatoms. The third kappa shape index (κ3) is 5.64. The van der Waals surface area contributed by atoms with Gasteiger partial charge in [-0.2, -0.15) is 5.26 Å². The summed E-state index contributed by atoms with van der Waals surface area (Å²) in [5, 5.41) is 12.0. The Morgan fingerprint density at radius 2 is 1.92 bits per heavy atom. The molecule has 0 aliphatic heterocycles. The molecule has 0 bridgehead atoms. The van der Waals surface area contributed by atoms with E-state index in [1.807, 2.05) is 49.3 Å². The predicted octanol–water partition coefficient (Wildman–Crippen LogP) is 2.26. The van der Waals surface area contributed by atoms with Crippen LogP contribution in [0.25, 0.3) is 6.08 Å². The van der Waals surface area contributed by atoms with Gasteiger partial charge in [-0.15, -0.1) is 0 Å². The topological polar surface area (TPSA) is 82.4 Å². The monoisotopic (exact) mass is 341 g/mol. The first kappa shape index (κ1) is 18.5. The second kappa shape index (κ2) is 8.88. The lowest BCUT2D eigenvalue weighted by molar-refractivity contribution is -0.144. The van der Waals surface area contributed by atoms with E-state index in [1.54, 1.807) is 0 Å². The van der Waals surface area contributed by atoms with Crippen molar-refractivity contribution >= 4 is 23.6 Å². The fraction of sp³-hybridized carbons (Fsp3) is 0.421. The van der Waals surface area contributed by atoms with Crippen molar-refractivity contribution in [2.45, 2.75) is 31.7 Å². The van der Waals surface area contributed by atoms with E-state index in [0.717, 1.165) is 36.9 Å². The van der Waals surface area contributed by atoms with Crippen molar-refractivity contribution < 1.29 is 14.3 Å². The van der Waals surface area contributed by atoms with Crippen molar-refractivity contribution in [2.75, 3.05) is 25.6 Å². The van der Waals surface area contributed by atoms with Crippen LogP contribution in [0.2, 0.25) is 0 Å². The lowest BCUT2D eigenvalue weighted by Crippen LogP contribution is -2.36. The zero-order valence-electron chi connectivity index (χ0n) is 14.6. The number of nitriles is 1. The molecule has 1 N–H and O–H groups in total. The quantitative estimate of drug-likeness (QED) is 0.487. The van der Waals surface area contributed by atoms with Crippen LogP contribution < -0.4 is 10.2 Å². The Hall–Kier alpha value is -2.81. The van der Waals surface area contributed by atoms with E-state index >= 15 is 0 Å². The molecule has 0 spiro atoms. The highest BCUT2D eigenvalue weighted by atomic mass is 16.5. The summed E-state index contributed by atoms with van der Waals surface area (Å²) in [7, 11) is 3.86. The number of hydrogen-bond donors (Lipinski definition) is 1. The van der Waals surface area contributed by atoms with Gasteiger partial charge in [0.1, 0.15) is 11.6 Å². The molecule has 1 aliphatic carbocycles. The zero-order chi connectivity index (χ0) is 18.2. The van der Waals surface area contributed by atoms with E-state index < -0.39 is 5.97 Å². The fourth-order valence-electron chi connectivity index (χ4n) is 2.72. The van der Waals surface area contributed by atoms with Crippen LogP contribution in [-0.2, 0) is 14.3 Å². The molecule has 25 heavy (non-hydrogen) atoms. The van der Waals surface area contributed by atoms with Crippen molar-refractivity contribution in [3.05, 3.63) is 35.4 Å². The first-order valence-corrected chi connectivity index (χ1v) is 8.35. The van der Waals surface area contributed by atoms with Gasteiger partial charge in [0.2, 0.25) is 0 Å². The summed E-state index contributed by atoms with van der Waals surface area (Å²) in [5.41, 5.74) is 1.60. The fourth-order valence-corrected chi connectivity index (χ4v) is 2.72. The summed E-state index contributed by atoms with van der Waals surface area (Å²) < 4.78 is 4.95. The molecule has 1 aliphatic rings. The SMILES string of the molecule is CN(C)c1ccc(C=C(C#N)C(=O)OCC(=O)NC2CCCC2)cc1. The molecule has 1 amide bonds. The van der Waals surface area contributed by atoms with Crippen molar-refractivity contribution in [3.8, 4) is 6.07 Å². The molecule has 6 nitrogen and oxygen atoms in total. The van der Waals surface area contributed by atoms with Gasteiger partial charge in [-0.25, -0.2) is 4.79 Å². The number of nitrogens with zero attached hydrogens (tertiary/aromatic N) is 2. The van der Waals surface area contributed by atoms with Crippen molar-refractivity contribution in [2.24, 2.45) is 0 Å². The Balaban J connectivity index is 1.91. The maximum atomic E-state index is 12.0. The number of hydrogen-bond acceptors (Lipinski definition) is 5. The van der Waals surface area contributed by atoms with Gasteiger partial charge >= 0.3 is 5.97 Å². The lowest BCUT2D eigenvalue weighted by Gasteiger charge is -2.12. The number of ether oxygens (including phenoxy) is 1. The number of esters is 1. The minimum atomic E-state index is -0.791. The number of anilines is 1. The van der Waals surface area contributed by atoms with Gasteiger partial charge in [-0.05, 0) is 36.6 Å². The molecule has 1 aromatic carbocycles. The number of carbonyl (C=O) groups excluding carboxylic acids is 2. The Kier molecular flexibility index (Phi) is 6.58. The first-order valence-electron chi connectivity index (χ1n) is 8.35. The van der Waals surface area contributed by atoms with Crippen LogP contribution in [0, 0.1) is 11.3 Å². The van der Waals surface area contributed by atoms with Crippen LogP contribution in [0.3, 0.4) is 0 Å². The van der Waals surface area contributed by atoms with Crippen molar-refractivity contribution in [1.29, 1.82) is 5.26 Å². The Bertz CT molecular complexity index is 681. The molecule has 0 saturated heterocycles. The molecule has 132 valence electrons. The summed E-state index contributed by atoms with van der Waals surface area (Å²) >= 11 is 0. The van der Waals surface area contributed by atoms with Crippen LogP contribution in [0.5, 0.6) is 0 Å². The number of amides is 1. The number of benzene rings is 1. The molecule has 1 saturated carbocycles. The molecule has 0 unspecified atom stereocenters. The van der Waals surface area contributed by atoms with E-state index in [9.17, 15) is 9.59 Å². The van der Waals surface area contributed by atoms with Gasteiger partial charge in [0.25, 0.3) is 5.91 Å². The molecule has 0 atom stereocenters. The highest BCUT2D eigenvalue weighted by Gasteiger charge is 2.18. The number of nitrogens with one attached hydrogen (secondary N) is 1. The van der Waals surface area contributed by atoms with Crippen LogP contribution >= 0.6 is 0 Å². The molecule has 1 fully saturated rings. The van der Waals surface area contributed by atoms with Gasteiger partial charge < -0.3 is 15.0 Å². The minimum absolute atomic E-state index is 0.133. The zero-order valence-corrected chi connectivity index (χ0v) is 14.6. The third-order valence-electron chi connectivity index (χ3n) is 4.12. The predicted molar refractivity (Wildman–Crippen MR) is 95.7 cm³/mol. The second-order valence-electron chi connectivity index (χ2n) is 6.28. The van der Waals surface area contributed by atoms with Crippen LogP contribution in [0.1, 0.15) is 31.2 Å². The largest absolute Gasteiger partial charge is 0.451 e. The minimum Gasteiger partial charge on any atom is -0.451 e. The average molecular weight is 341 g/mol. The molecular formula is C19H23N3O3. The van der Waals surface area contributed by atoms with E-state index in [2.05, 4.69) is 5.32 Å². The van der Waals surface area contributed by atoms with E-state index in [4.69, 9.17) is 10.00 Å². The van der Waals surface area contributed by atoms with Crippen LogP contribution in [0.15, 0.2) is 29.8 Å². The first-order chi connectivity index (χ1) is 12.0. The van der Waals surface area contributed by atoms with E-state index in [0.29, 0.717) is 0 Å². The van der Waals surface area contributed by atoms with Gasteiger partial charge in [-0.1, -0.05) is 25.0 Å². The highest BCUT2D eigenvalue weighted by molar-refractivity contribution is 5.98. The average Bonchev–Trinajstić information content (AvgIpc) is 3.10. The Morgan fingerprint density at radius 1 is 1.28 bits per heavy atom. The summed E-state index contributed by atoms with van der Waals surface area (Å²) in [5.74, 6) is -1.12. The smallest absolute Gasteiger partial charge is 0.349 e. The Labute approximate surface area is 148 Å².